The van der Waals surface area contributed by atoms with Crippen molar-refractivity contribution in [3.05, 3.63) is 95.9 Å². The van der Waals surface area contributed by atoms with Gasteiger partial charge in [0.1, 0.15) is 5.76 Å². The summed E-state index contributed by atoms with van der Waals surface area (Å²) in [4.78, 5) is 19.9. The molecule has 148 valence electrons. The third kappa shape index (κ3) is 3.60. The van der Waals surface area contributed by atoms with Crippen LogP contribution in [0.25, 0.3) is 21.0 Å². The van der Waals surface area contributed by atoms with Crippen LogP contribution in [0, 0.1) is 6.92 Å². The zero-order valence-electron chi connectivity index (χ0n) is 16.5. The lowest BCUT2D eigenvalue weighted by atomic mass is 10.0. The molecule has 5 aromatic rings. The van der Waals surface area contributed by atoms with Gasteiger partial charge in [-0.1, -0.05) is 65.9 Å². The number of hydrogen-bond donors (Lipinski definition) is 0. The Labute approximate surface area is 178 Å². The van der Waals surface area contributed by atoms with Crippen LogP contribution < -0.4 is 4.90 Å². The number of aryl methyl sites for hydroxylation is 1. The molecule has 1 amide bonds. The Morgan fingerprint density at radius 2 is 1.87 bits per heavy atom. The Hall–Kier alpha value is -3.44. The van der Waals surface area contributed by atoms with Gasteiger partial charge in [-0.2, -0.15) is 0 Å². The first-order chi connectivity index (χ1) is 14.7. The van der Waals surface area contributed by atoms with E-state index in [2.05, 4.69) is 24.3 Å². The Kier molecular flexibility index (Phi) is 4.81. The number of benzene rings is 3. The molecular weight excluding hydrogens is 392 g/mol. The van der Waals surface area contributed by atoms with Gasteiger partial charge in [-0.05, 0) is 47.0 Å². The second-order valence-electron chi connectivity index (χ2n) is 7.34. The molecule has 0 aliphatic carbocycles. The van der Waals surface area contributed by atoms with Gasteiger partial charge in [0.25, 0.3) is 0 Å². The van der Waals surface area contributed by atoms with E-state index in [0.29, 0.717) is 18.1 Å². The largest absolute Gasteiger partial charge is 0.467 e. The molecule has 0 spiro atoms. The number of fused-ring (bicyclic) bond motifs is 2. The molecule has 3 aromatic carbocycles. The smallest absolute Gasteiger partial charge is 0.233 e. The number of thiazole rings is 1. The molecule has 0 aliphatic rings. The Bertz CT molecular complexity index is 1340. The van der Waals surface area contributed by atoms with Crippen molar-refractivity contribution in [3.63, 3.8) is 0 Å². The molecule has 0 radical (unpaired) electrons. The fraction of sp³-hybridized carbons (Fsp3) is 0.120. The summed E-state index contributed by atoms with van der Waals surface area (Å²) in [5.74, 6) is 0.733. The molecule has 0 unspecified atom stereocenters. The minimum absolute atomic E-state index is 0.00149. The van der Waals surface area contributed by atoms with Crippen LogP contribution in [0.4, 0.5) is 5.13 Å². The van der Waals surface area contributed by atoms with E-state index in [1.807, 2.05) is 55.5 Å². The first-order valence-electron chi connectivity index (χ1n) is 9.84. The molecule has 5 heteroatoms. The van der Waals surface area contributed by atoms with Gasteiger partial charge in [-0.25, -0.2) is 4.98 Å². The van der Waals surface area contributed by atoms with Crippen molar-refractivity contribution in [3.8, 4) is 0 Å². The highest BCUT2D eigenvalue weighted by atomic mass is 32.1. The number of aromatic nitrogens is 1. The highest BCUT2D eigenvalue weighted by molar-refractivity contribution is 7.22. The summed E-state index contributed by atoms with van der Waals surface area (Å²) in [6, 6.07) is 24.2. The van der Waals surface area contributed by atoms with E-state index in [-0.39, 0.29) is 5.91 Å². The number of carbonyl (C=O) groups is 1. The van der Waals surface area contributed by atoms with Gasteiger partial charge in [-0.15, -0.1) is 0 Å². The normalized spacial score (nSPS) is 11.2. The Balaban J connectivity index is 1.49. The maximum atomic E-state index is 13.4. The van der Waals surface area contributed by atoms with E-state index in [9.17, 15) is 4.79 Å². The third-order valence-electron chi connectivity index (χ3n) is 5.20. The maximum Gasteiger partial charge on any atom is 0.233 e. The van der Waals surface area contributed by atoms with Crippen LogP contribution in [0.2, 0.25) is 0 Å². The number of para-hydroxylation sites is 1. The van der Waals surface area contributed by atoms with E-state index in [1.54, 1.807) is 11.2 Å². The summed E-state index contributed by atoms with van der Waals surface area (Å²) >= 11 is 1.54. The molecule has 5 rings (SSSR count). The molecule has 0 N–H and O–H groups in total. The number of rotatable bonds is 5. The number of anilines is 1. The quantitative estimate of drug-likeness (QED) is 0.349. The SMILES string of the molecule is Cc1cccc2sc(N(Cc3ccco3)C(=O)Cc3ccc4ccccc4c3)nc12. The van der Waals surface area contributed by atoms with Gasteiger partial charge in [0, 0.05) is 0 Å². The minimum Gasteiger partial charge on any atom is -0.467 e. The lowest BCUT2D eigenvalue weighted by Crippen LogP contribution is -2.31. The van der Waals surface area contributed by atoms with Crippen LogP contribution in [-0.2, 0) is 17.8 Å². The summed E-state index contributed by atoms with van der Waals surface area (Å²) in [5, 5.41) is 3.00. The monoisotopic (exact) mass is 412 g/mol. The van der Waals surface area contributed by atoms with Crippen molar-refractivity contribution in [1.82, 2.24) is 4.98 Å². The average molecular weight is 413 g/mol. The molecular formula is C25H20N2O2S. The second-order valence-corrected chi connectivity index (χ2v) is 8.34. The fourth-order valence-electron chi connectivity index (χ4n) is 3.63. The first-order valence-corrected chi connectivity index (χ1v) is 10.7. The summed E-state index contributed by atoms with van der Waals surface area (Å²) in [6.07, 6.45) is 1.93. The number of amides is 1. The van der Waals surface area contributed by atoms with Gasteiger partial charge in [0.05, 0.1) is 29.4 Å². The number of hydrogen-bond acceptors (Lipinski definition) is 4. The van der Waals surface area contributed by atoms with Crippen LogP contribution >= 0.6 is 11.3 Å². The first kappa shape index (κ1) is 18.6. The standard InChI is InChI=1S/C25H20N2O2S/c1-17-6-4-10-22-24(17)26-25(30-22)27(16-21-9-5-13-29-21)23(28)15-18-11-12-19-7-2-3-8-20(19)14-18/h2-14H,15-16H2,1H3. The molecule has 30 heavy (non-hydrogen) atoms. The number of furan rings is 1. The van der Waals surface area contributed by atoms with Crippen molar-refractivity contribution in [2.45, 2.75) is 19.9 Å². The molecule has 0 fully saturated rings. The van der Waals surface area contributed by atoms with Crippen molar-refractivity contribution >= 4 is 43.4 Å². The van der Waals surface area contributed by atoms with E-state index >= 15 is 0 Å². The Morgan fingerprint density at radius 1 is 1.00 bits per heavy atom. The van der Waals surface area contributed by atoms with Gasteiger partial charge < -0.3 is 4.42 Å². The van der Waals surface area contributed by atoms with E-state index in [0.717, 1.165) is 32.5 Å². The van der Waals surface area contributed by atoms with Crippen molar-refractivity contribution < 1.29 is 9.21 Å². The van der Waals surface area contributed by atoms with Gasteiger partial charge >= 0.3 is 0 Å². The maximum absolute atomic E-state index is 13.4. The summed E-state index contributed by atoms with van der Waals surface area (Å²) < 4.78 is 6.60. The highest BCUT2D eigenvalue weighted by Crippen LogP contribution is 2.32. The van der Waals surface area contributed by atoms with E-state index in [1.165, 1.54) is 16.7 Å². The summed E-state index contributed by atoms with van der Waals surface area (Å²) in [6.45, 7) is 2.40. The highest BCUT2D eigenvalue weighted by Gasteiger charge is 2.22. The number of nitrogens with zero attached hydrogens (tertiary/aromatic N) is 2. The molecule has 4 nitrogen and oxygen atoms in total. The van der Waals surface area contributed by atoms with Gasteiger partial charge in [0.15, 0.2) is 5.13 Å². The van der Waals surface area contributed by atoms with Crippen molar-refractivity contribution in [1.29, 1.82) is 0 Å². The topological polar surface area (TPSA) is 46.3 Å². The van der Waals surface area contributed by atoms with Gasteiger partial charge in [0.2, 0.25) is 5.91 Å². The molecule has 0 saturated carbocycles. The lowest BCUT2D eigenvalue weighted by molar-refractivity contribution is -0.118. The fourth-order valence-corrected chi connectivity index (χ4v) is 4.69. The van der Waals surface area contributed by atoms with Gasteiger partial charge in [-0.3, -0.25) is 9.69 Å². The zero-order chi connectivity index (χ0) is 20.5. The minimum atomic E-state index is -0.00149. The van der Waals surface area contributed by atoms with Crippen molar-refractivity contribution in [2.75, 3.05) is 4.90 Å². The summed E-state index contributed by atoms with van der Waals surface area (Å²) in [5.41, 5.74) is 3.04. The predicted molar refractivity (Wildman–Crippen MR) is 122 cm³/mol. The van der Waals surface area contributed by atoms with E-state index in [4.69, 9.17) is 9.40 Å². The van der Waals surface area contributed by atoms with Crippen LogP contribution in [0.1, 0.15) is 16.9 Å². The van der Waals surface area contributed by atoms with Crippen LogP contribution in [0.15, 0.2) is 83.5 Å². The third-order valence-corrected chi connectivity index (χ3v) is 6.25. The molecule has 2 aromatic heterocycles. The molecule has 2 heterocycles. The van der Waals surface area contributed by atoms with Crippen LogP contribution in [-0.4, -0.2) is 10.9 Å². The van der Waals surface area contributed by atoms with Crippen LogP contribution in [0.3, 0.4) is 0 Å². The molecule has 0 atom stereocenters. The van der Waals surface area contributed by atoms with E-state index < -0.39 is 0 Å². The second kappa shape index (κ2) is 7.76. The summed E-state index contributed by atoms with van der Waals surface area (Å²) in [7, 11) is 0. The van der Waals surface area contributed by atoms with Crippen LogP contribution in [0.5, 0.6) is 0 Å². The average Bonchev–Trinajstić information content (AvgIpc) is 3.42. The zero-order valence-corrected chi connectivity index (χ0v) is 17.4. The molecule has 0 bridgehead atoms. The molecule has 0 saturated heterocycles. The van der Waals surface area contributed by atoms with Crippen molar-refractivity contribution in [2.24, 2.45) is 0 Å². The molecule has 0 aliphatic heterocycles. The Morgan fingerprint density at radius 3 is 2.67 bits per heavy atom. The lowest BCUT2D eigenvalue weighted by Gasteiger charge is -2.19. The number of carbonyl (C=O) groups excluding carboxylic acids is 1. The predicted octanol–water partition coefficient (Wildman–Crippen LogP) is 6.13.